The minimum absolute atomic E-state index is 0.321. The van der Waals surface area contributed by atoms with E-state index in [4.69, 9.17) is 5.11 Å². The molecule has 4 heteroatoms. The Hall–Kier alpha value is -0.710. The van der Waals surface area contributed by atoms with Gasteiger partial charge in [0.25, 0.3) is 0 Å². The third-order valence-corrected chi connectivity index (χ3v) is 5.19. The van der Waals surface area contributed by atoms with E-state index in [1.54, 1.807) is 0 Å². The summed E-state index contributed by atoms with van der Waals surface area (Å²) in [6, 6.07) is 8.81. The summed E-state index contributed by atoms with van der Waals surface area (Å²) in [7, 11) is 0. The Morgan fingerprint density at radius 3 is 2.57 bits per heavy atom. The van der Waals surface area contributed by atoms with Gasteiger partial charge in [-0.1, -0.05) is 19.1 Å². The maximum atomic E-state index is 8.86. The van der Waals surface area contributed by atoms with Gasteiger partial charge in [0.05, 0.1) is 5.69 Å². The number of aliphatic hydroxyl groups is 1. The zero-order chi connectivity index (χ0) is 14.9. The minimum atomic E-state index is 0.321. The Morgan fingerprint density at radius 2 is 1.86 bits per heavy atom. The molecule has 1 N–H and O–H groups in total. The van der Waals surface area contributed by atoms with Gasteiger partial charge in [-0.25, -0.2) is 0 Å². The molecule has 1 aliphatic heterocycles. The summed E-state index contributed by atoms with van der Waals surface area (Å²) in [5.74, 6) is 1.19. The molecule has 0 unspecified atom stereocenters. The number of hydrogen-bond acceptors (Lipinski definition) is 4. The second-order valence-corrected chi connectivity index (χ2v) is 6.71. The van der Waals surface area contributed by atoms with Gasteiger partial charge in [-0.05, 0) is 43.7 Å². The molecule has 2 rings (SSSR count). The molecule has 1 heterocycles. The van der Waals surface area contributed by atoms with Gasteiger partial charge in [0.15, 0.2) is 0 Å². The molecule has 1 saturated heterocycles. The first-order valence-corrected chi connectivity index (χ1v) is 9.13. The summed E-state index contributed by atoms with van der Waals surface area (Å²) in [4.78, 5) is 6.47. The molecule has 0 spiro atoms. The molecule has 118 valence electrons. The zero-order valence-corrected chi connectivity index (χ0v) is 13.9. The molecule has 0 saturated carbocycles. The van der Waals surface area contributed by atoms with E-state index in [9.17, 15) is 0 Å². The van der Waals surface area contributed by atoms with Crippen molar-refractivity contribution in [1.82, 2.24) is 4.90 Å². The van der Waals surface area contributed by atoms with E-state index in [0.717, 1.165) is 45.6 Å². The number of unbranched alkanes of at least 4 members (excludes halogenated alkanes) is 1. The van der Waals surface area contributed by atoms with Crippen LogP contribution < -0.4 is 4.90 Å². The monoisotopic (exact) mass is 308 g/mol. The largest absolute Gasteiger partial charge is 0.396 e. The third kappa shape index (κ3) is 5.20. The zero-order valence-electron chi connectivity index (χ0n) is 13.1. The van der Waals surface area contributed by atoms with Crippen molar-refractivity contribution >= 4 is 17.4 Å². The van der Waals surface area contributed by atoms with Gasteiger partial charge in [0.1, 0.15) is 0 Å². The van der Waals surface area contributed by atoms with Crippen molar-refractivity contribution in [3.8, 4) is 0 Å². The van der Waals surface area contributed by atoms with Crippen LogP contribution in [0, 0.1) is 0 Å². The Morgan fingerprint density at radius 1 is 1.10 bits per heavy atom. The fourth-order valence-electron chi connectivity index (χ4n) is 2.71. The van der Waals surface area contributed by atoms with Gasteiger partial charge in [-0.2, -0.15) is 0 Å². The predicted octanol–water partition coefficient (Wildman–Crippen LogP) is 3.08. The number of rotatable bonds is 8. The van der Waals surface area contributed by atoms with Crippen LogP contribution in [0.1, 0.15) is 26.2 Å². The number of thioether (sulfide) groups is 1. The van der Waals surface area contributed by atoms with Gasteiger partial charge in [-0.15, -0.1) is 11.8 Å². The van der Waals surface area contributed by atoms with E-state index in [-0.39, 0.29) is 0 Å². The fourth-order valence-corrected chi connectivity index (χ4v) is 3.66. The van der Waals surface area contributed by atoms with Gasteiger partial charge in [-0.3, -0.25) is 4.90 Å². The molecule has 1 aromatic rings. The molecule has 1 aromatic carbocycles. The maximum absolute atomic E-state index is 8.86. The van der Waals surface area contributed by atoms with Crippen molar-refractivity contribution in [1.29, 1.82) is 0 Å². The Balaban J connectivity index is 1.87. The maximum Gasteiger partial charge on any atom is 0.0505 e. The number of nitrogens with zero attached hydrogens (tertiary/aromatic N) is 2. The Kier molecular flexibility index (Phi) is 7.41. The molecule has 0 bridgehead atoms. The highest BCUT2D eigenvalue weighted by molar-refractivity contribution is 7.99. The van der Waals surface area contributed by atoms with Crippen LogP contribution in [-0.2, 0) is 0 Å². The van der Waals surface area contributed by atoms with E-state index >= 15 is 0 Å². The molecule has 0 aromatic heterocycles. The molecule has 21 heavy (non-hydrogen) atoms. The van der Waals surface area contributed by atoms with E-state index < -0.39 is 0 Å². The van der Waals surface area contributed by atoms with E-state index in [0.29, 0.717) is 6.61 Å². The van der Waals surface area contributed by atoms with Crippen LogP contribution in [0.3, 0.4) is 0 Å². The van der Waals surface area contributed by atoms with Crippen molar-refractivity contribution in [2.24, 2.45) is 0 Å². The van der Waals surface area contributed by atoms with Crippen molar-refractivity contribution < 1.29 is 5.11 Å². The summed E-state index contributed by atoms with van der Waals surface area (Å²) in [6.07, 6.45) is 3.26. The van der Waals surface area contributed by atoms with E-state index in [1.807, 2.05) is 11.8 Å². The lowest BCUT2D eigenvalue weighted by Crippen LogP contribution is -2.46. The number of aliphatic hydroxyl groups excluding tert-OH is 1. The molecule has 1 aliphatic rings. The van der Waals surface area contributed by atoms with Crippen LogP contribution >= 0.6 is 11.8 Å². The quantitative estimate of drug-likeness (QED) is 0.590. The minimum Gasteiger partial charge on any atom is -0.396 e. The molecule has 1 fully saturated rings. The van der Waals surface area contributed by atoms with Crippen LogP contribution in [0.15, 0.2) is 29.2 Å². The summed E-state index contributed by atoms with van der Waals surface area (Å²) in [6.45, 7) is 8.19. The first-order valence-electron chi connectivity index (χ1n) is 8.15. The summed E-state index contributed by atoms with van der Waals surface area (Å²) in [5, 5.41) is 8.86. The fraction of sp³-hybridized carbons (Fsp3) is 0.647. The van der Waals surface area contributed by atoms with Crippen LogP contribution in [-0.4, -0.2) is 55.1 Å². The second kappa shape index (κ2) is 9.34. The third-order valence-electron chi connectivity index (χ3n) is 3.92. The van der Waals surface area contributed by atoms with Crippen molar-refractivity contribution in [3.05, 3.63) is 24.3 Å². The predicted molar refractivity (Wildman–Crippen MR) is 92.4 cm³/mol. The van der Waals surface area contributed by atoms with Gasteiger partial charge in [0.2, 0.25) is 0 Å². The van der Waals surface area contributed by atoms with Crippen molar-refractivity contribution in [3.63, 3.8) is 0 Å². The number of benzene rings is 1. The molecule has 3 nitrogen and oxygen atoms in total. The lowest BCUT2D eigenvalue weighted by molar-refractivity contribution is 0.232. The average Bonchev–Trinajstić information content (AvgIpc) is 2.54. The lowest BCUT2D eigenvalue weighted by Gasteiger charge is -2.37. The molecular weight excluding hydrogens is 280 g/mol. The summed E-state index contributed by atoms with van der Waals surface area (Å²) in [5.41, 5.74) is 1.41. The number of anilines is 1. The van der Waals surface area contributed by atoms with Gasteiger partial charge < -0.3 is 10.0 Å². The highest BCUT2D eigenvalue weighted by Crippen LogP contribution is 2.31. The highest BCUT2D eigenvalue weighted by Gasteiger charge is 2.18. The second-order valence-electron chi connectivity index (χ2n) is 5.58. The number of para-hydroxylation sites is 1. The summed E-state index contributed by atoms with van der Waals surface area (Å²) >= 11 is 1.98. The Bertz CT molecular complexity index is 406. The van der Waals surface area contributed by atoms with E-state index in [1.165, 1.54) is 22.8 Å². The molecule has 0 atom stereocenters. The molecule has 0 aliphatic carbocycles. The van der Waals surface area contributed by atoms with Crippen LogP contribution in [0.2, 0.25) is 0 Å². The number of hydrogen-bond donors (Lipinski definition) is 1. The topological polar surface area (TPSA) is 26.7 Å². The average molecular weight is 308 g/mol. The SMILES string of the molecule is CCCSc1ccccc1N1CCN(CCCCO)CC1. The smallest absolute Gasteiger partial charge is 0.0505 e. The van der Waals surface area contributed by atoms with Gasteiger partial charge in [0, 0.05) is 37.7 Å². The van der Waals surface area contributed by atoms with E-state index in [2.05, 4.69) is 41.0 Å². The lowest BCUT2D eigenvalue weighted by atomic mass is 10.2. The van der Waals surface area contributed by atoms with Crippen LogP contribution in [0.4, 0.5) is 5.69 Å². The van der Waals surface area contributed by atoms with Crippen LogP contribution in [0.25, 0.3) is 0 Å². The molecule has 0 amide bonds. The number of piperazine rings is 1. The van der Waals surface area contributed by atoms with Crippen LogP contribution in [0.5, 0.6) is 0 Å². The standard InChI is InChI=1S/C17H28N2OS/c1-2-15-21-17-8-4-3-7-16(17)19-12-10-18(11-13-19)9-5-6-14-20/h3-4,7-8,20H,2,5-6,9-15H2,1H3. The highest BCUT2D eigenvalue weighted by atomic mass is 32.2. The van der Waals surface area contributed by atoms with Crippen molar-refractivity contribution in [2.75, 3.05) is 50.0 Å². The first kappa shape index (κ1) is 16.7. The van der Waals surface area contributed by atoms with Crippen molar-refractivity contribution in [2.45, 2.75) is 31.1 Å². The normalized spacial score (nSPS) is 16.4. The first-order chi connectivity index (χ1) is 10.3. The molecule has 0 radical (unpaired) electrons. The summed E-state index contributed by atoms with van der Waals surface area (Å²) < 4.78 is 0. The molecular formula is C17H28N2OS. The van der Waals surface area contributed by atoms with Gasteiger partial charge >= 0.3 is 0 Å². The Labute approximate surface area is 133 Å².